The maximum absolute atomic E-state index is 6.06. The predicted molar refractivity (Wildman–Crippen MR) is 69.6 cm³/mol. The monoisotopic (exact) mass is 251 g/mol. The van der Waals surface area contributed by atoms with Gasteiger partial charge in [0, 0.05) is 25.6 Å². The van der Waals surface area contributed by atoms with Crippen LogP contribution in [0.2, 0.25) is 5.15 Å². The van der Waals surface area contributed by atoms with Gasteiger partial charge in [0.05, 0.1) is 0 Å². The van der Waals surface area contributed by atoms with Crippen LogP contribution >= 0.6 is 11.6 Å². The lowest BCUT2D eigenvalue weighted by atomic mass is 10.3. The van der Waals surface area contributed by atoms with Crippen molar-refractivity contribution in [2.24, 2.45) is 5.92 Å². The normalized spacial score (nSPS) is 19.4. The Labute approximate surface area is 107 Å². The number of anilines is 1. The van der Waals surface area contributed by atoms with Crippen LogP contribution in [0.5, 0.6) is 0 Å². The van der Waals surface area contributed by atoms with E-state index in [1.165, 1.54) is 32.1 Å². The highest BCUT2D eigenvalue weighted by Crippen LogP contribution is 2.39. The van der Waals surface area contributed by atoms with Crippen molar-refractivity contribution >= 4 is 17.4 Å². The first-order chi connectivity index (χ1) is 8.22. The fraction of sp³-hybridized carbons (Fsp3) is 0.692. The van der Waals surface area contributed by atoms with Crippen molar-refractivity contribution in [2.45, 2.75) is 38.0 Å². The molecule has 0 radical (unpaired) electrons. The number of halogens is 1. The molecule has 0 aromatic carbocycles. The fourth-order valence-electron chi connectivity index (χ4n) is 2.04. The maximum Gasteiger partial charge on any atom is 0.135 e. The van der Waals surface area contributed by atoms with Crippen molar-refractivity contribution in [2.75, 3.05) is 18.5 Å². The lowest BCUT2D eigenvalue weighted by Crippen LogP contribution is -2.20. The summed E-state index contributed by atoms with van der Waals surface area (Å²) in [5.74, 6) is 3.43. The third kappa shape index (κ3) is 2.89. The van der Waals surface area contributed by atoms with Crippen LogP contribution in [0.3, 0.4) is 0 Å². The number of hydrogen-bond donors (Lipinski definition) is 0. The summed E-state index contributed by atoms with van der Waals surface area (Å²) in [6, 6.07) is 1.88. The quantitative estimate of drug-likeness (QED) is 0.753. The molecule has 2 aliphatic rings. The minimum absolute atomic E-state index is 0.560. The van der Waals surface area contributed by atoms with Crippen LogP contribution < -0.4 is 4.90 Å². The summed E-state index contributed by atoms with van der Waals surface area (Å²) in [6.45, 7) is 1.07. The van der Waals surface area contributed by atoms with Crippen LogP contribution in [-0.4, -0.2) is 23.6 Å². The standard InChI is InChI=1S/C13H18ClN3/c1-17(7-6-9-2-3-9)12-8-11(14)15-13(16-12)10-4-5-10/h8-10H,2-7H2,1H3. The van der Waals surface area contributed by atoms with Gasteiger partial charge in [-0.2, -0.15) is 0 Å². The molecule has 3 rings (SSSR count). The van der Waals surface area contributed by atoms with Crippen molar-refractivity contribution in [3.63, 3.8) is 0 Å². The molecule has 0 bridgehead atoms. The summed E-state index contributed by atoms with van der Waals surface area (Å²) in [4.78, 5) is 11.1. The highest BCUT2D eigenvalue weighted by atomic mass is 35.5. The second-order valence-corrected chi connectivity index (χ2v) is 5.72. The molecule has 4 heteroatoms. The molecule has 0 unspecified atom stereocenters. The van der Waals surface area contributed by atoms with Gasteiger partial charge in [0.1, 0.15) is 16.8 Å². The van der Waals surface area contributed by atoms with Gasteiger partial charge in [0.2, 0.25) is 0 Å². The van der Waals surface area contributed by atoms with Gasteiger partial charge in [-0.15, -0.1) is 0 Å². The van der Waals surface area contributed by atoms with Gasteiger partial charge >= 0.3 is 0 Å². The molecule has 0 spiro atoms. The average molecular weight is 252 g/mol. The summed E-state index contributed by atoms with van der Waals surface area (Å²) in [6.07, 6.45) is 6.52. The molecule has 0 aliphatic heterocycles. The van der Waals surface area contributed by atoms with Crippen molar-refractivity contribution in [3.8, 4) is 0 Å². The largest absolute Gasteiger partial charge is 0.360 e. The highest BCUT2D eigenvalue weighted by molar-refractivity contribution is 6.29. The number of rotatable bonds is 5. The molecule has 1 aromatic rings. The molecule has 17 heavy (non-hydrogen) atoms. The fourth-order valence-corrected chi connectivity index (χ4v) is 2.22. The number of aromatic nitrogens is 2. The first-order valence-electron chi connectivity index (χ1n) is 6.48. The Morgan fingerprint density at radius 3 is 2.71 bits per heavy atom. The van der Waals surface area contributed by atoms with Gasteiger partial charge in [0.25, 0.3) is 0 Å². The molecule has 0 N–H and O–H groups in total. The Balaban J connectivity index is 1.70. The molecule has 0 saturated heterocycles. The molecule has 2 saturated carbocycles. The first-order valence-corrected chi connectivity index (χ1v) is 6.86. The van der Waals surface area contributed by atoms with Crippen LogP contribution in [0, 0.1) is 5.92 Å². The minimum Gasteiger partial charge on any atom is -0.360 e. The third-order valence-corrected chi connectivity index (χ3v) is 3.80. The Morgan fingerprint density at radius 1 is 1.29 bits per heavy atom. The van der Waals surface area contributed by atoms with Gasteiger partial charge in [-0.05, 0) is 25.2 Å². The van der Waals surface area contributed by atoms with Crippen molar-refractivity contribution in [1.29, 1.82) is 0 Å². The number of hydrogen-bond acceptors (Lipinski definition) is 3. The predicted octanol–water partition coefficient (Wildman–Crippen LogP) is 3.24. The van der Waals surface area contributed by atoms with Crippen molar-refractivity contribution in [3.05, 3.63) is 17.0 Å². The molecule has 1 heterocycles. The highest BCUT2D eigenvalue weighted by Gasteiger charge is 2.28. The van der Waals surface area contributed by atoms with Crippen LogP contribution in [0.15, 0.2) is 6.07 Å². The van der Waals surface area contributed by atoms with E-state index in [0.29, 0.717) is 11.1 Å². The Hall–Kier alpha value is -0.830. The van der Waals surface area contributed by atoms with E-state index in [-0.39, 0.29) is 0 Å². The summed E-state index contributed by atoms with van der Waals surface area (Å²) < 4.78 is 0. The van der Waals surface area contributed by atoms with E-state index >= 15 is 0 Å². The van der Waals surface area contributed by atoms with Crippen LogP contribution in [0.25, 0.3) is 0 Å². The zero-order chi connectivity index (χ0) is 11.8. The Bertz CT molecular complexity index is 413. The molecular weight excluding hydrogens is 234 g/mol. The smallest absolute Gasteiger partial charge is 0.135 e. The van der Waals surface area contributed by atoms with E-state index in [9.17, 15) is 0 Å². The zero-order valence-corrected chi connectivity index (χ0v) is 11.0. The summed E-state index contributed by atoms with van der Waals surface area (Å²) >= 11 is 6.06. The van der Waals surface area contributed by atoms with E-state index in [4.69, 9.17) is 11.6 Å². The van der Waals surface area contributed by atoms with E-state index in [0.717, 1.165) is 24.1 Å². The van der Waals surface area contributed by atoms with E-state index in [2.05, 4.69) is 21.9 Å². The average Bonchev–Trinajstić information content (AvgIpc) is 3.17. The van der Waals surface area contributed by atoms with Gasteiger partial charge in [-0.1, -0.05) is 24.4 Å². The van der Waals surface area contributed by atoms with E-state index in [1.807, 2.05) is 6.07 Å². The van der Waals surface area contributed by atoms with Gasteiger partial charge in [-0.3, -0.25) is 0 Å². The van der Waals surface area contributed by atoms with E-state index < -0.39 is 0 Å². The summed E-state index contributed by atoms with van der Waals surface area (Å²) in [7, 11) is 2.09. The molecular formula is C13H18ClN3. The summed E-state index contributed by atoms with van der Waals surface area (Å²) in [5.41, 5.74) is 0. The molecule has 1 aromatic heterocycles. The molecule has 92 valence electrons. The maximum atomic E-state index is 6.06. The van der Waals surface area contributed by atoms with Gasteiger partial charge in [0.15, 0.2) is 0 Å². The zero-order valence-electron chi connectivity index (χ0n) is 10.2. The van der Waals surface area contributed by atoms with Gasteiger partial charge < -0.3 is 4.90 Å². The number of nitrogens with zero attached hydrogens (tertiary/aromatic N) is 3. The first kappa shape index (κ1) is 11.3. The molecule has 2 aliphatic carbocycles. The minimum atomic E-state index is 0.560. The third-order valence-electron chi connectivity index (χ3n) is 3.60. The second kappa shape index (κ2) is 4.45. The van der Waals surface area contributed by atoms with Gasteiger partial charge in [-0.25, -0.2) is 9.97 Å². The molecule has 0 amide bonds. The molecule has 2 fully saturated rings. The molecule has 0 atom stereocenters. The topological polar surface area (TPSA) is 29.0 Å². The van der Waals surface area contributed by atoms with Crippen molar-refractivity contribution < 1.29 is 0 Å². The second-order valence-electron chi connectivity index (χ2n) is 5.33. The lowest BCUT2D eigenvalue weighted by Gasteiger charge is -2.18. The van der Waals surface area contributed by atoms with E-state index in [1.54, 1.807) is 0 Å². The lowest BCUT2D eigenvalue weighted by molar-refractivity contribution is 0.703. The molecule has 3 nitrogen and oxygen atoms in total. The van der Waals surface area contributed by atoms with Crippen molar-refractivity contribution in [1.82, 2.24) is 9.97 Å². The summed E-state index contributed by atoms with van der Waals surface area (Å²) in [5, 5.41) is 0.579. The van der Waals surface area contributed by atoms with Crippen LogP contribution in [0.4, 0.5) is 5.82 Å². The Morgan fingerprint density at radius 2 is 2.06 bits per heavy atom. The SMILES string of the molecule is CN(CCC1CC1)c1cc(Cl)nc(C2CC2)n1. The van der Waals surface area contributed by atoms with Crippen LogP contribution in [0.1, 0.15) is 43.8 Å². The van der Waals surface area contributed by atoms with Crippen LogP contribution in [-0.2, 0) is 0 Å². The Kier molecular flexibility index (Phi) is 2.95.